The monoisotopic (exact) mass is 234 g/mol. The van der Waals surface area contributed by atoms with Gasteiger partial charge in [0.05, 0.1) is 6.10 Å². The van der Waals surface area contributed by atoms with Gasteiger partial charge in [0.1, 0.15) is 6.61 Å². The molecule has 0 spiro atoms. The molecule has 90 valence electrons. The summed E-state index contributed by atoms with van der Waals surface area (Å²) in [7, 11) is 0. The normalized spacial score (nSPS) is 25.3. The summed E-state index contributed by atoms with van der Waals surface area (Å²) in [5.74, 6) is 0.731. The number of halogens is 1. The Morgan fingerprint density at radius 2 is 2.00 bits per heavy atom. The van der Waals surface area contributed by atoms with Gasteiger partial charge in [-0.25, -0.2) is 0 Å². The van der Waals surface area contributed by atoms with Gasteiger partial charge in [-0.15, -0.1) is 0 Å². The maximum absolute atomic E-state index is 10.4. The highest BCUT2D eigenvalue weighted by Gasteiger charge is 2.19. The Kier molecular flexibility index (Phi) is 9.12. The van der Waals surface area contributed by atoms with E-state index < -0.39 is 5.24 Å². The van der Waals surface area contributed by atoms with Crippen LogP contribution in [-0.4, -0.2) is 18.0 Å². The molecule has 0 saturated heterocycles. The van der Waals surface area contributed by atoms with E-state index >= 15 is 0 Å². The minimum Gasteiger partial charge on any atom is -0.369 e. The first-order valence-corrected chi connectivity index (χ1v) is 6.27. The highest BCUT2D eigenvalue weighted by Crippen LogP contribution is 2.25. The van der Waals surface area contributed by atoms with Crippen LogP contribution in [0.5, 0.6) is 0 Å². The van der Waals surface area contributed by atoms with Crippen LogP contribution in [-0.2, 0) is 9.53 Å². The van der Waals surface area contributed by atoms with Crippen molar-refractivity contribution < 1.29 is 9.53 Å². The van der Waals surface area contributed by atoms with Gasteiger partial charge < -0.3 is 4.74 Å². The van der Waals surface area contributed by atoms with Gasteiger partial charge in [-0.1, -0.05) is 40.0 Å². The molecule has 0 aromatic rings. The Labute approximate surface area is 98.3 Å². The van der Waals surface area contributed by atoms with Crippen LogP contribution >= 0.6 is 11.6 Å². The summed E-state index contributed by atoms with van der Waals surface area (Å²) in [5.41, 5.74) is 0. The summed E-state index contributed by atoms with van der Waals surface area (Å²) in [4.78, 5) is 10.4. The smallest absolute Gasteiger partial charge is 0.247 e. The topological polar surface area (TPSA) is 26.3 Å². The lowest BCUT2D eigenvalue weighted by atomic mass is 9.89. The minimum absolute atomic E-state index is 0.0684. The summed E-state index contributed by atoms with van der Waals surface area (Å²) < 4.78 is 5.33. The Morgan fingerprint density at radius 3 is 2.47 bits per heavy atom. The quantitative estimate of drug-likeness (QED) is 0.695. The molecule has 0 bridgehead atoms. The third-order valence-corrected chi connectivity index (χ3v) is 2.43. The van der Waals surface area contributed by atoms with E-state index in [0.717, 1.165) is 18.8 Å². The lowest BCUT2D eigenvalue weighted by Crippen LogP contribution is -2.23. The molecule has 0 aliphatic heterocycles. The van der Waals surface area contributed by atoms with Crippen molar-refractivity contribution in [3.8, 4) is 0 Å². The molecule has 1 aliphatic carbocycles. The van der Waals surface area contributed by atoms with Crippen molar-refractivity contribution >= 4 is 16.8 Å². The number of ether oxygens (including phenoxy) is 1. The molecule has 2 unspecified atom stereocenters. The van der Waals surface area contributed by atoms with Crippen molar-refractivity contribution in [3.05, 3.63) is 0 Å². The second kappa shape index (κ2) is 9.17. The van der Waals surface area contributed by atoms with Crippen LogP contribution in [0.2, 0.25) is 0 Å². The SMILES string of the molecule is CC1CCCC(OCC(=O)Cl)C1.CCC. The van der Waals surface area contributed by atoms with Gasteiger partial charge in [0.25, 0.3) is 0 Å². The molecular formula is C12H23ClO2. The van der Waals surface area contributed by atoms with Gasteiger partial charge in [-0.2, -0.15) is 0 Å². The van der Waals surface area contributed by atoms with Crippen LogP contribution < -0.4 is 0 Å². The Balaban J connectivity index is 0.000000583. The molecule has 1 fully saturated rings. The van der Waals surface area contributed by atoms with Crippen molar-refractivity contribution in [2.24, 2.45) is 5.92 Å². The fraction of sp³-hybridized carbons (Fsp3) is 0.917. The van der Waals surface area contributed by atoms with Gasteiger partial charge in [-0.3, -0.25) is 4.79 Å². The molecule has 15 heavy (non-hydrogen) atoms. The average molecular weight is 235 g/mol. The lowest BCUT2D eigenvalue weighted by Gasteiger charge is -2.26. The first-order chi connectivity index (χ1) is 7.10. The molecule has 1 saturated carbocycles. The summed E-state index contributed by atoms with van der Waals surface area (Å²) in [6, 6.07) is 0. The largest absolute Gasteiger partial charge is 0.369 e. The lowest BCUT2D eigenvalue weighted by molar-refractivity contribution is -0.118. The van der Waals surface area contributed by atoms with Crippen molar-refractivity contribution in [3.63, 3.8) is 0 Å². The predicted molar refractivity (Wildman–Crippen MR) is 64.2 cm³/mol. The van der Waals surface area contributed by atoms with E-state index in [0.29, 0.717) is 0 Å². The van der Waals surface area contributed by atoms with E-state index in [1.807, 2.05) is 0 Å². The predicted octanol–water partition coefficient (Wildman–Crippen LogP) is 3.76. The van der Waals surface area contributed by atoms with Crippen molar-refractivity contribution in [2.75, 3.05) is 6.61 Å². The molecule has 1 aliphatic rings. The standard InChI is InChI=1S/C9H15ClO2.C3H8/c1-7-3-2-4-8(5-7)12-6-9(10)11;1-3-2/h7-8H,2-6H2,1H3;3H2,1-2H3. The molecule has 0 amide bonds. The molecule has 0 heterocycles. The van der Waals surface area contributed by atoms with Crippen molar-refractivity contribution in [2.45, 2.75) is 59.0 Å². The van der Waals surface area contributed by atoms with E-state index in [4.69, 9.17) is 16.3 Å². The Hall–Kier alpha value is -0.0800. The molecule has 0 radical (unpaired) electrons. The molecule has 2 atom stereocenters. The number of rotatable bonds is 3. The van der Waals surface area contributed by atoms with Gasteiger partial charge in [0.15, 0.2) is 0 Å². The molecule has 0 aromatic carbocycles. The summed E-state index contributed by atoms with van der Waals surface area (Å²) in [5, 5.41) is -0.395. The fourth-order valence-electron chi connectivity index (χ4n) is 1.71. The first-order valence-electron chi connectivity index (χ1n) is 5.90. The van der Waals surface area contributed by atoms with E-state index in [2.05, 4.69) is 20.8 Å². The second-order valence-corrected chi connectivity index (χ2v) is 4.69. The maximum Gasteiger partial charge on any atom is 0.247 e. The third-order valence-electron chi connectivity index (χ3n) is 2.32. The van der Waals surface area contributed by atoms with Crippen molar-refractivity contribution in [1.29, 1.82) is 0 Å². The summed E-state index contributed by atoms with van der Waals surface area (Å²) in [6.45, 7) is 6.54. The molecule has 2 nitrogen and oxygen atoms in total. The van der Waals surface area contributed by atoms with Crippen LogP contribution in [0.1, 0.15) is 52.9 Å². The highest BCUT2D eigenvalue weighted by molar-refractivity contribution is 6.63. The zero-order valence-corrected chi connectivity index (χ0v) is 10.8. The molecular weight excluding hydrogens is 212 g/mol. The Morgan fingerprint density at radius 1 is 1.40 bits per heavy atom. The van der Waals surface area contributed by atoms with Crippen LogP contribution in [0.15, 0.2) is 0 Å². The van der Waals surface area contributed by atoms with E-state index in [-0.39, 0.29) is 12.7 Å². The molecule has 0 N–H and O–H groups in total. The fourth-order valence-corrected chi connectivity index (χ4v) is 1.78. The van der Waals surface area contributed by atoms with E-state index in [1.165, 1.54) is 19.3 Å². The first kappa shape index (κ1) is 14.9. The third kappa shape index (κ3) is 8.88. The number of carbonyl (C=O) groups is 1. The minimum atomic E-state index is -0.395. The average Bonchev–Trinajstić information content (AvgIpc) is 2.16. The molecule has 1 rings (SSSR count). The van der Waals surface area contributed by atoms with Gasteiger partial charge in [-0.05, 0) is 30.4 Å². The highest BCUT2D eigenvalue weighted by atomic mass is 35.5. The van der Waals surface area contributed by atoms with Crippen LogP contribution in [0, 0.1) is 5.92 Å². The van der Waals surface area contributed by atoms with Crippen LogP contribution in [0.3, 0.4) is 0 Å². The maximum atomic E-state index is 10.4. The molecule has 3 heteroatoms. The van der Waals surface area contributed by atoms with Crippen LogP contribution in [0.4, 0.5) is 0 Å². The van der Waals surface area contributed by atoms with Crippen molar-refractivity contribution in [1.82, 2.24) is 0 Å². The van der Waals surface area contributed by atoms with Gasteiger partial charge in [0, 0.05) is 0 Å². The van der Waals surface area contributed by atoms with Gasteiger partial charge >= 0.3 is 0 Å². The second-order valence-electron chi connectivity index (χ2n) is 4.27. The van der Waals surface area contributed by atoms with Crippen LogP contribution in [0.25, 0.3) is 0 Å². The zero-order chi connectivity index (χ0) is 11.7. The Bertz CT molecular complexity index is 171. The van der Waals surface area contributed by atoms with Gasteiger partial charge in [0.2, 0.25) is 5.24 Å². The number of hydrogen-bond donors (Lipinski definition) is 0. The molecule has 0 aromatic heterocycles. The summed E-state index contributed by atoms with van der Waals surface area (Å²) in [6.07, 6.45) is 6.16. The van der Waals surface area contributed by atoms with E-state index in [9.17, 15) is 4.79 Å². The van der Waals surface area contributed by atoms with E-state index in [1.54, 1.807) is 0 Å². The summed E-state index contributed by atoms with van der Waals surface area (Å²) >= 11 is 5.17. The zero-order valence-electron chi connectivity index (χ0n) is 10.1. The number of carbonyl (C=O) groups excluding carboxylic acids is 1. The number of hydrogen-bond acceptors (Lipinski definition) is 2.